The van der Waals surface area contributed by atoms with E-state index in [0.717, 1.165) is 5.56 Å². The number of aliphatic hydroxyl groups is 1. The van der Waals surface area contributed by atoms with Gasteiger partial charge in [-0.1, -0.05) is 30.0 Å². The van der Waals surface area contributed by atoms with E-state index >= 15 is 0 Å². The van der Waals surface area contributed by atoms with Crippen molar-refractivity contribution in [1.29, 1.82) is 0 Å². The van der Waals surface area contributed by atoms with Gasteiger partial charge in [-0.3, -0.25) is 9.59 Å². The third-order valence-electron chi connectivity index (χ3n) is 2.15. The summed E-state index contributed by atoms with van der Waals surface area (Å²) in [6, 6.07) is 9.13. The normalized spacial score (nSPS) is 11.0. The molecule has 0 aliphatic rings. The maximum atomic E-state index is 11.3. The van der Waals surface area contributed by atoms with Crippen molar-refractivity contribution in [3.8, 4) is 11.8 Å². The predicted molar refractivity (Wildman–Crippen MR) is 65.6 cm³/mol. The van der Waals surface area contributed by atoms with Crippen LogP contribution in [0.5, 0.6) is 0 Å². The average molecular weight is 246 g/mol. The van der Waals surface area contributed by atoms with Gasteiger partial charge in [0.05, 0.1) is 7.11 Å². The van der Waals surface area contributed by atoms with E-state index in [9.17, 15) is 14.7 Å². The van der Waals surface area contributed by atoms with Crippen molar-refractivity contribution in [1.82, 2.24) is 0 Å². The second-order valence-corrected chi connectivity index (χ2v) is 3.65. The number of ketones is 1. The van der Waals surface area contributed by atoms with Crippen molar-refractivity contribution in [2.24, 2.45) is 0 Å². The molecule has 0 aromatic heterocycles. The van der Waals surface area contributed by atoms with Gasteiger partial charge < -0.3 is 9.84 Å². The zero-order chi connectivity index (χ0) is 13.4. The van der Waals surface area contributed by atoms with Gasteiger partial charge in [0.2, 0.25) is 0 Å². The summed E-state index contributed by atoms with van der Waals surface area (Å²) in [5.74, 6) is 4.30. The first-order valence-corrected chi connectivity index (χ1v) is 5.45. The zero-order valence-electron chi connectivity index (χ0n) is 10.1. The molecule has 18 heavy (non-hydrogen) atoms. The summed E-state index contributed by atoms with van der Waals surface area (Å²) in [6.45, 7) is 0. The van der Waals surface area contributed by atoms with Crippen LogP contribution in [0.4, 0.5) is 0 Å². The van der Waals surface area contributed by atoms with E-state index in [4.69, 9.17) is 0 Å². The number of hydrogen-bond acceptors (Lipinski definition) is 4. The summed E-state index contributed by atoms with van der Waals surface area (Å²) in [5.41, 5.74) is 0.761. The summed E-state index contributed by atoms with van der Waals surface area (Å²) < 4.78 is 4.35. The number of benzene rings is 1. The van der Waals surface area contributed by atoms with Crippen molar-refractivity contribution in [2.75, 3.05) is 7.11 Å². The molecular formula is C14H14O4. The van der Waals surface area contributed by atoms with Crippen LogP contribution in [0.15, 0.2) is 30.3 Å². The summed E-state index contributed by atoms with van der Waals surface area (Å²) in [5, 5.41) is 9.52. The lowest BCUT2D eigenvalue weighted by atomic mass is 10.1. The van der Waals surface area contributed by atoms with E-state index < -0.39 is 17.9 Å². The van der Waals surface area contributed by atoms with Crippen LogP contribution in [-0.4, -0.2) is 30.1 Å². The number of Topliss-reactive ketones (excluding diaryl/α,β-unsaturated/α-hetero) is 1. The zero-order valence-corrected chi connectivity index (χ0v) is 10.1. The molecule has 1 atom stereocenters. The Morgan fingerprint density at radius 2 is 2.00 bits per heavy atom. The molecule has 4 heteroatoms. The van der Waals surface area contributed by atoms with E-state index in [1.807, 2.05) is 18.2 Å². The van der Waals surface area contributed by atoms with E-state index in [0.29, 0.717) is 0 Å². The summed E-state index contributed by atoms with van der Waals surface area (Å²) >= 11 is 0. The van der Waals surface area contributed by atoms with E-state index in [1.54, 1.807) is 12.1 Å². The number of esters is 1. The predicted octanol–water partition coefficient (Wildman–Crippen LogP) is 0.921. The number of ether oxygens (including phenoxy) is 1. The topological polar surface area (TPSA) is 63.6 Å². The molecule has 0 aliphatic carbocycles. The minimum absolute atomic E-state index is 0.172. The van der Waals surface area contributed by atoms with Crippen LogP contribution in [0.25, 0.3) is 0 Å². The third-order valence-corrected chi connectivity index (χ3v) is 2.15. The summed E-state index contributed by atoms with van der Waals surface area (Å²) in [6.07, 6.45) is -1.57. The molecule has 0 heterocycles. The maximum absolute atomic E-state index is 11.3. The number of carbonyl (C=O) groups excluding carboxylic acids is 2. The van der Waals surface area contributed by atoms with Crippen molar-refractivity contribution in [3.05, 3.63) is 35.9 Å². The number of hydrogen-bond donors (Lipinski definition) is 1. The lowest BCUT2D eigenvalue weighted by molar-refractivity contribution is -0.143. The van der Waals surface area contributed by atoms with Gasteiger partial charge in [-0.2, -0.15) is 0 Å². The van der Waals surface area contributed by atoms with Gasteiger partial charge in [0.1, 0.15) is 18.3 Å². The van der Waals surface area contributed by atoms with Crippen molar-refractivity contribution in [2.45, 2.75) is 18.9 Å². The highest BCUT2D eigenvalue weighted by molar-refractivity contribution is 5.95. The number of aliphatic hydroxyl groups excluding tert-OH is 1. The Bertz CT molecular complexity index is 468. The minimum atomic E-state index is -1.07. The number of rotatable bonds is 4. The Morgan fingerprint density at radius 3 is 2.61 bits per heavy atom. The molecule has 0 saturated carbocycles. The van der Waals surface area contributed by atoms with Gasteiger partial charge >= 0.3 is 5.97 Å². The van der Waals surface area contributed by atoms with Crippen LogP contribution in [0.3, 0.4) is 0 Å². The lowest BCUT2D eigenvalue weighted by Gasteiger charge is -2.01. The quantitative estimate of drug-likeness (QED) is 0.487. The van der Waals surface area contributed by atoms with Crippen LogP contribution in [0.2, 0.25) is 0 Å². The maximum Gasteiger partial charge on any atom is 0.313 e. The second kappa shape index (κ2) is 7.25. The van der Waals surface area contributed by atoms with Crippen LogP contribution < -0.4 is 0 Å². The van der Waals surface area contributed by atoms with Crippen LogP contribution >= 0.6 is 0 Å². The molecular weight excluding hydrogens is 232 g/mol. The first kappa shape index (κ1) is 13.9. The Balaban J connectivity index is 2.47. The molecule has 4 nitrogen and oxygen atoms in total. The molecule has 1 aromatic carbocycles. The van der Waals surface area contributed by atoms with Crippen molar-refractivity contribution < 1.29 is 19.4 Å². The highest BCUT2D eigenvalue weighted by Crippen LogP contribution is 1.99. The average Bonchev–Trinajstić information content (AvgIpc) is 2.37. The largest absolute Gasteiger partial charge is 0.469 e. The Labute approximate surface area is 106 Å². The molecule has 0 saturated heterocycles. The number of methoxy groups -OCH3 is 1. The fourth-order valence-electron chi connectivity index (χ4n) is 1.26. The SMILES string of the molecule is COC(=O)CC(=O)CC(O)C#Cc1ccccc1. The molecule has 1 unspecified atom stereocenters. The first-order chi connectivity index (χ1) is 8.61. The fraction of sp³-hybridized carbons (Fsp3) is 0.286. The van der Waals surface area contributed by atoms with Crippen LogP contribution in [-0.2, 0) is 14.3 Å². The molecule has 0 fully saturated rings. The Hall–Kier alpha value is -2.12. The van der Waals surface area contributed by atoms with Gasteiger partial charge in [0, 0.05) is 12.0 Å². The minimum Gasteiger partial charge on any atom is -0.469 e. The van der Waals surface area contributed by atoms with E-state index in [1.165, 1.54) is 7.11 Å². The van der Waals surface area contributed by atoms with Crippen molar-refractivity contribution >= 4 is 11.8 Å². The van der Waals surface area contributed by atoms with Crippen molar-refractivity contribution in [3.63, 3.8) is 0 Å². The summed E-state index contributed by atoms with van der Waals surface area (Å²) in [7, 11) is 1.21. The Morgan fingerprint density at radius 1 is 1.33 bits per heavy atom. The van der Waals surface area contributed by atoms with E-state index in [-0.39, 0.29) is 12.8 Å². The van der Waals surface area contributed by atoms with Gasteiger partial charge in [0.25, 0.3) is 0 Å². The molecule has 1 N–H and O–H groups in total. The number of carbonyl (C=O) groups is 2. The first-order valence-electron chi connectivity index (χ1n) is 5.45. The fourth-order valence-corrected chi connectivity index (χ4v) is 1.26. The molecule has 0 aliphatic heterocycles. The molecule has 94 valence electrons. The van der Waals surface area contributed by atoms with Gasteiger partial charge in [-0.15, -0.1) is 0 Å². The van der Waals surface area contributed by atoms with Crippen LogP contribution in [0.1, 0.15) is 18.4 Å². The van der Waals surface area contributed by atoms with Gasteiger partial charge in [0.15, 0.2) is 0 Å². The Kier molecular flexibility index (Phi) is 5.62. The monoisotopic (exact) mass is 246 g/mol. The lowest BCUT2D eigenvalue weighted by Crippen LogP contribution is -2.15. The molecule has 0 bridgehead atoms. The second-order valence-electron chi connectivity index (χ2n) is 3.65. The standard InChI is InChI=1S/C14H14O4/c1-18-14(17)10-13(16)9-12(15)8-7-11-5-3-2-4-6-11/h2-6,12,15H,9-10H2,1H3. The molecule has 0 amide bonds. The molecule has 1 rings (SSSR count). The van der Waals surface area contributed by atoms with Gasteiger partial charge in [-0.05, 0) is 12.1 Å². The highest BCUT2D eigenvalue weighted by Gasteiger charge is 2.12. The van der Waals surface area contributed by atoms with E-state index in [2.05, 4.69) is 16.6 Å². The highest BCUT2D eigenvalue weighted by atomic mass is 16.5. The smallest absolute Gasteiger partial charge is 0.313 e. The molecule has 0 spiro atoms. The third kappa shape index (κ3) is 5.28. The molecule has 1 aromatic rings. The summed E-state index contributed by atoms with van der Waals surface area (Å²) in [4.78, 5) is 22.1. The molecule has 0 radical (unpaired) electrons. The van der Waals surface area contributed by atoms with Crippen LogP contribution in [0, 0.1) is 11.8 Å². The van der Waals surface area contributed by atoms with Gasteiger partial charge in [-0.25, -0.2) is 0 Å².